The fourth-order valence-corrected chi connectivity index (χ4v) is 1.60. The molecule has 0 saturated heterocycles. The van der Waals surface area contributed by atoms with E-state index < -0.39 is 5.82 Å². The van der Waals surface area contributed by atoms with E-state index in [-0.39, 0.29) is 23.8 Å². The van der Waals surface area contributed by atoms with E-state index in [4.69, 9.17) is 14.7 Å². The third-order valence-electron chi connectivity index (χ3n) is 2.43. The van der Waals surface area contributed by atoms with Crippen LogP contribution in [-0.2, 0) is 6.54 Å². The van der Waals surface area contributed by atoms with Crippen molar-refractivity contribution in [2.24, 2.45) is 5.73 Å². The molecular formula is C11H8FN3O2. The number of hydrogen-bond acceptors (Lipinski definition) is 5. The first-order valence-corrected chi connectivity index (χ1v) is 4.97. The molecule has 2 heterocycles. The van der Waals surface area contributed by atoms with Crippen molar-refractivity contribution in [2.45, 2.75) is 6.54 Å². The normalized spacial score (nSPS) is 11.2. The summed E-state index contributed by atoms with van der Waals surface area (Å²) in [6.07, 6.45) is 1.50. The molecule has 6 heteroatoms. The molecule has 0 unspecified atom stereocenters. The van der Waals surface area contributed by atoms with Crippen molar-refractivity contribution in [1.29, 1.82) is 0 Å². The largest absolute Gasteiger partial charge is 0.464 e. The van der Waals surface area contributed by atoms with E-state index in [9.17, 15) is 4.39 Å². The van der Waals surface area contributed by atoms with Gasteiger partial charge in [0.2, 0.25) is 11.7 Å². The highest BCUT2D eigenvalue weighted by atomic mass is 19.1. The van der Waals surface area contributed by atoms with Gasteiger partial charge in [0.15, 0.2) is 0 Å². The van der Waals surface area contributed by atoms with E-state index in [1.807, 2.05) is 0 Å². The zero-order valence-electron chi connectivity index (χ0n) is 8.68. The van der Waals surface area contributed by atoms with E-state index >= 15 is 0 Å². The maximum Gasteiger partial charge on any atom is 0.240 e. The van der Waals surface area contributed by atoms with Gasteiger partial charge in [-0.05, 0) is 12.1 Å². The molecule has 0 aliphatic rings. The first kappa shape index (κ1) is 9.98. The van der Waals surface area contributed by atoms with Crippen LogP contribution in [0.4, 0.5) is 4.39 Å². The summed E-state index contributed by atoms with van der Waals surface area (Å²) in [5, 5.41) is 4.45. The molecule has 5 nitrogen and oxygen atoms in total. The third kappa shape index (κ3) is 1.58. The predicted octanol–water partition coefficient (Wildman–Crippen LogP) is 2.08. The van der Waals surface area contributed by atoms with Crippen LogP contribution in [0.3, 0.4) is 0 Å². The Balaban J connectivity index is 2.18. The lowest BCUT2D eigenvalue weighted by Crippen LogP contribution is -1.96. The Labute approximate surface area is 95.0 Å². The monoisotopic (exact) mass is 233 g/mol. The Bertz CT molecular complexity index is 674. The highest BCUT2D eigenvalue weighted by Gasteiger charge is 2.14. The molecule has 0 spiro atoms. The Morgan fingerprint density at radius 2 is 2.24 bits per heavy atom. The van der Waals surface area contributed by atoms with Gasteiger partial charge in [0.1, 0.15) is 11.4 Å². The molecule has 0 radical (unpaired) electrons. The van der Waals surface area contributed by atoms with Crippen LogP contribution in [0.1, 0.15) is 5.89 Å². The second-order valence-electron chi connectivity index (χ2n) is 3.51. The summed E-state index contributed by atoms with van der Waals surface area (Å²) in [6, 6.07) is 4.64. The van der Waals surface area contributed by atoms with E-state index in [2.05, 4.69) is 10.1 Å². The Hall–Kier alpha value is -2.21. The summed E-state index contributed by atoms with van der Waals surface area (Å²) < 4.78 is 23.7. The number of hydrogen-bond donors (Lipinski definition) is 1. The molecule has 0 saturated carbocycles. The molecule has 3 aromatic rings. The van der Waals surface area contributed by atoms with Gasteiger partial charge in [-0.2, -0.15) is 4.98 Å². The van der Waals surface area contributed by atoms with E-state index in [0.29, 0.717) is 5.58 Å². The topological polar surface area (TPSA) is 78.1 Å². The molecule has 0 atom stereocenters. The molecule has 0 aliphatic carbocycles. The lowest BCUT2D eigenvalue weighted by Gasteiger charge is -1.97. The van der Waals surface area contributed by atoms with Crippen molar-refractivity contribution in [3.8, 4) is 11.4 Å². The second-order valence-corrected chi connectivity index (χ2v) is 3.51. The molecule has 2 N–H and O–H groups in total. The smallest absolute Gasteiger partial charge is 0.240 e. The zero-order valence-corrected chi connectivity index (χ0v) is 8.68. The maximum atomic E-state index is 13.8. The maximum absolute atomic E-state index is 13.8. The number of nitrogens with two attached hydrogens (primary N) is 1. The third-order valence-corrected chi connectivity index (χ3v) is 2.43. The molecule has 86 valence electrons. The van der Waals surface area contributed by atoms with E-state index in [1.54, 1.807) is 12.1 Å². The number of benzene rings is 1. The van der Waals surface area contributed by atoms with Gasteiger partial charge >= 0.3 is 0 Å². The minimum absolute atomic E-state index is 0.128. The summed E-state index contributed by atoms with van der Waals surface area (Å²) in [7, 11) is 0. The summed E-state index contributed by atoms with van der Waals surface area (Å²) in [5.74, 6) is -0.00504. The van der Waals surface area contributed by atoms with Crippen molar-refractivity contribution < 1.29 is 13.3 Å². The van der Waals surface area contributed by atoms with Crippen LogP contribution in [0.5, 0.6) is 0 Å². The fourth-order valence-electron chi connectivity index (χ4n) is 1.60. The number of nitrogens with zero attached hydrogens (tertiary/aromatic N) is 2. The standard InChI is InChI=1S/C11H8FN3O2/c12-8-4-9-6(1-2-16-9)3-7(8)11-14-10(5-13)17-15-11/h1-4H,5,13H2. The summed E-state index contributed by atoms with van der Waals surface area (Å²) in [6.45, 7) is 0.128. The van der Waals surface area contributed by atoms with Crippen molar-refractivity contribution in [1.82, 2.24) is 10.1 Å². The van der Waals surface area contributed by atoms with Gasteiger partial charge in [-0.1, -0.05) is 5.16 Å². The molecule has 0 amide bonds. The molecule has 2 aromatic heterocycles. The summed E-state index contributed by atoms with van der Waals surface area (Å²) >= 11 is 0. The van der Waals surface area contributed by atoms with Crippen molar-refractivity contribution in [3.05, 3.63) is 36.2 Å². The molecule has 3 rings (SSSR count). The van der Waals surface area contributed by atoms with Gasteiger partial charge in [0, 0.05) is 11.5 Å². The second kappa shape index (κ2) is 3.67. The first-order valence-electron chi connectivity index (χ1n) is 4.97. The Morgan fingerprint density at radius 1 is 1.35 bits per heavy atom. The van der Waals surface area contributed by atoms with Crippen LogP contribution in [0.2, 0.25) is 0 Å². The fraction of sp³-hybridized carbons (Fsp3) is 0.0909. The molecular weight excluding hydrogens is 225 g/mol. The average molecular weight is 233 g/mol. The first-order chi connectivity index (χ1) is 8.28. The minimum atomic E-state index is -0.461. The number of rotatable bonds is 2. The summed E-state index contributed by atoms with van der Waals surface area (Å²) in [4.78, 5) is 3.98. The van der Waals surface area contributed by atoms with Crippen molar-refractivity contribution in [3.63, 3.8) is 0 Å². The lowest BCUT2D eigenvalue weighted by molar-refractivity contribution is 0.380. The quantitative estimate of drug-likeness (QED) is 0.733. The van der Waals surface area contributed by atoms with Crippen LogP contribution in [0, 0.1) is 5.82 Å². The highest BCUT2D eigenvalue weighted by Crippen LogP contribution is 2.26. The molecule has 0 fully saturated rings. The molecule has 0 bridgehead atoms. The van der Waals surface area contributed by atoms with Gasteiger partial charge in [-0.15, -0.1) is 0 Å². The molecule has 0 aliphatic heterocycles. The zero-order chi connectivity index (χ0) is 11.8. The SMILES string of the molecule is NCc1nc(-c2cc3ccoc3cc2F)no1. The van der Waals surface area contributed by atoms with Crippen molar-refractivity contribution in [2.75, 3.05) is 0 Å². The van der Waals surface area contributed by atoms with Crippen molar-refractivity contribution >= 4 is 11.0 Å². The molecule has 17 heavy (non-hydrogen) atoms. The number of aromatic nitrogens is 2. The number of halogens is 1. The average Bonchev–Trinajstić information content (AvgIpc) is 2.94. The lowest BCUT2D eigenvalue weighted by atomic mass is 10.1. The Kier molecular flexibility index (Phi) is 2.15. The van der Waals surface area contributed by atoms with Crippen LogP contribution in [0.25, 0.3) is 22.4 Å². The van der Waals surface area contributed by atoms with Gasteiger partial charge in [0.25, 0.3) is 0 Å². The number of furan rings is 1. The number of fused-ring (bicyclic) bond motifs is 1. The van der Waals surface area contributed by atoms with Crippen LogP contribution in [0.15, 0.2) is 33.4 Å². The van der Waals surface area contributed by atoms with Gasteiger partial charge in [-0.25, -0.2) is 4.39 Å². The minimum Gasteiger partial charge on any atom is -0.464 e. The van der Waals surface area contributed by atoms with Gasteiger partial charge < -0.3 is 14.7 Å². The van der Waals surface area contributed by atoms with Crippen LogP contribution < -0.4 is 5.73 Å². The highest BCUT2D eigenvalue weighted by molar-refractivity contribution is 5.82. The van der Waals surface area contributed by atoms with Gasteiger partial charge in [-0.3, -0.25) is 0 Å². The summed E-state index contributed by atoms with van der Waals surface area (Å²) in [5.41, 5.74) is 6.09. The van der Waals surface area contributed by atoms with E-state index in [0.717, 1.165) is 5.39 Å². The van der Waals surface area contributed by atoms with E-state index in [1.165, 1.54) is 12.3 Å². The van der Waals surface area contributed by atoms with Gasteiger partial charge in [0.05, 0.1) is 18.4 Å². The van der Waals surface area contributed by atoms with Crippen LogP contribution >= 0.6 is 0 Å². The Morgan fingerprint density at radius 3 is 3.00 bits per heavy atom. The molecule has 1 aromatic carbocycles. The predicted molar refractivity (Wildman–Crippen MR) is 57.4 cm³/mol. The van der Waals surface area contributed by atoms with Crippen LogP contribution in [-0.4, -0.2) is 10.1 Å².